The zero-order valence-corrected chi connectivity index (χ0v) is 18.3. The molecule has 0 radical (unpaired) electrons. The number of halogens is 2. The monoisotopic (exact) mass is 448 g/mol. The van der Waals surface area contributed by atoms with E-state index >= 15 is 0 Å². The summed E-state index contributed by atoms with van der Waals surface area (Å²) in [7, 11) is 0. The average molecular weight is 449 g/mol. The molecule has 0 fully saturated rings. The minimum absolute atomic E-state index is 0.00623. The van der Waals surface area contributed by atoms with Crippen LogP contribution in [0.25, 0.3) is 11.3 Å². The SMILES string of the molecule is C=C(O)c1cc(CC2CCc3cc(OCCc4cc(F)ccc4F)ccc3C2=C)ccc1O. The van der Waals surface area contributed by atoms with Crippen molar-refractivity contribution in [3.63, 3.8) is 0 Å². The fourth-order valence-corrected chi connectivity index (χ4v) is 4.37. The molecule has 1 atom stereocenters. The summed E-state index contributed by atoms with van der Waals surface area (Å²) in [5.74, 6) is -0.109. The lowest BCUT2D eigenvalue weighted by atomic mass is 9.77. The fraction of sp³-hybridized carbons (Fsp3) is 0.214. The van der Waals surface area contributed by atoms with Gasteiger partial charge in [0.1, 0.15) is 28.9 Å². The van der Waals surface area contributed by atoms with Crippen molar-refractivity contribution >= 4 is 11.3 Å². The summed E-state index contributed by atoms with van der Waals surface area (Å²) in [6.45, 7) is 8.08. The highest BCUT2D eigenvalue weighted by Gasteiger charge is 2.23. The van der Waals surface area contributed by atoms with Crippen LogP contribution in [0, 0.1) is 17.6 Å². The van der Waals surface area contributed by atoms with Gasteiger partial charge in [0.25, 0.3) is 0 Å². The molecule has 0 spiro atoms. The molecule has 2 N–H and O–H groups in total. The summed E-state index contributed by atoms with van der Waals surface area (Å²) in [5, 5.41) is 19.6. The second-order valence-corrected chi connectivity index (χ2v) is 8.42. The summed E-state index contributed by atoms with van der Waals surface area (Å²) >= 11 is 0. The first kappa shape index (κ1) is 22.6. The Kier molecular flexibility index (Phi) is 6.50. The molecule has 3 aromatic carbocycles. The summed E-state index contributed by atoms with van der Waals surface area (Å²) in [6.07, 6.45) is 2.81. The number of benzene rings is 3. The number of aromatic hydroxyl groups is 1. The van der Waals surface area contributed by atoms with Crippen LogP contribution >= 0.6 is 0 Å². The molecule has 0 aliphatic heterocycles. The van der Waals surface area contributed by atoms with Gasteiger partial charge in [0.05, 0.1) is 12.2 Å². The van der Waals surface area contributed by atoms with Crippen LogP contribution < -0.4 is 4.74 Å². The number of aliphatic hydroxyl groups is 1. The number of aliphatic hydroxyl groups excluding tert-OH is 1. The van der Waals surface area contributed by atoms with Crippen LogP contribution in [0.2, 0.25) is 0 Å². The van der Waals surface area contributed by atoms with Gasteiger partial charge >= 0.3 is 0 Å². The highest BCUT2D eigenvalue weighted by molar-refractivity contribution is 5.71. The Morgan fingerprint density at radius 3 is 2.67 bits per heavy atom. The smallest absolute Gasteiger partial charge is 0.126 e. The molecule has 0 bridgehead atoms. The third-order valence-corrected chi connectivity index (χ3v) is 6.18. The van der Waals surface area contributed by atoms with E-state index in [-0.39, 0.29) is 30.5 Å². The molecular weight excluding hydrogens is 422 g/mol. The maximum atomic E-state index is 13.8. The molecule has 3 nitrogen and oxygen atoms in total. The zero-order chi connectivity index (χ0) is 23.5. The van der Waals surface area contributed by atoms with Crippen molar-refractivity contribution in [3.05, 3.63) is 107 Å². The van der Waals surface area contributed by atoms with Crippen molar-refractivity contribution < 1.29 is 23.7 Å². The minimum Gasteiger partial charge on any atom is -0.508 e. The Bertz CT molecular complexity index is 1220. The molecule has 4 rings (SSSR count). The largest absolute Gasteiger partial charge is 0.508 e. The van der Waals surface area contributed by atoms with E-state index in [2.05, 4.69) is 13.2 Å². The molecule has 1 aliphatic carbocycles. The molecule has 33 heavy (non-hydrogen) atoms. The van der Waals surface area contributed by atoms with Crippen molar-refractivity contribution in [1.29, 1.82) is 0 Å². The highest BCUT2D eigenvalue weighted by atomic mass is 19.1. The van der Waals surface area contributed by atoms with Crippen LogP contribution in [0.1, 0.15) is 34.2 Å². The van der Waals surface area contributed by atoms with Gasteiger partial charge in [-0.3, -0.25) is 0 Å². The van der Waals surface area contributed by atoms with Gasteiger partial charge < -0.3 is 14.9 Å². The van der Waals surface area contributed by atoms with Crippen LogP contribution in [0.5, 0.6) is 11.5 Å². The average Bonchev–Trinajstić information content (AvgIpc) is 2.79. The van der Waals surface area contributed by atoms with Gasteiger partial charge in [-0.25, -0.2) is 8.78 Å². The van der Waals surface area contributed by atoms with E-state index in [0.717, 1.165) is 53.7 Å². The maximum absolute atomic E-state index is 13.8. The summed E-state index contributed by atoms with van der Waals surface area (Å²) in [5.41, 5.74) is 4.93. The summed E-state index contributed by atoms with van der Waals surface area (Å²) < 4.78 is 32.9. The molecule has 170 valence electrons. The van der Waals surface area contributed by atoms with Crippen LogP contribution in [0.4, 0.5) is 8.78 Å². The van der Waals surface area contributed by atoms with E-state index in [1.807, 2.05) is 24.3 Å². The number of aryl methyl sites for hydroxylation is 1. The molecule has 0 saturated carbocycles. The van der Waals surface area contributed by atoms with E-state index < -0.39 is 11.6 Å². The van der Waals surface area contributed by atoms with Crippen LogP contribution in [-0.2, 0) is 19.3 Å². The van der Waals surface area contributed by atoms with Crippen molar-refractivity contribution in [3.8, 4) is 11.5 Å². The van der Waals surface area contributed by atoms with Gasteiger partial charge in [-0.2, -0.15) is 0 Å². The van der Waals surface area contributed by atoms with Crippen LogP contribution in [-0.4, -0.2) is 16.8 Å². The lowest BCUT2D eigenvalue weighted by Crippen LogP contribution is -2.15. The van der Waals surface area contributed by atoms with E-state index in [0.29, 0.717) is 16.9 Å². The number of rotatable bonds is 7. The molecule has 0 amide bonds. The Balaban J connectivity index is 1.41. The molecule has 0 heterocycles. The molecule has 1 unspecified atom stereocenters. The van der Waals surface area contributed by atoms with Crippen molar-refractivity contribution in [2.75, 3.05) is 6.61 Å². The predicted molar refractivity (Wildman–Crippen MR) is 126 cm³/mol. The first-order valence-corrected chi connectivity index (χ1v) is 10.9. The van der Waals surface area contributed by atoms with Crippen LogP contribution in [0.3, 0.4) is 0 Å². The minimum atomic E-state index is -0.460. The number of phenolic OH excluding ortho intramolecular Hbond substituents is 1. The second-order valence-electron chi connectivity index (χ2n) is 8.42. The molecular formula is C28H26F2O3. The van der Waals surface area contributed by atoms with E-state index in [1.165, 1.54) is 6.07 Å². The predicted octanol–water partition coefficient (Wildman–Crippen LogP) is 6.64. The topological polar surface area (TPSA) is 49.7 Å². The van der Waals surface area contributed by atoms with Crippen molar-refractivity contribution in [1.82, 2.24) is 0 Å². The quantitative estimate of drug-likeness (QED) is 0.399. The molecule has 3 aromatic rings. The lowest BCUT2D eigenvalue weighted by molar-refractivity contribution is 0.319. The van der Waals surface area contributed by atoms with E-state index in [4.69, 9.17) is 4.74 Å². The van der Waals surface area contributed by atoms with Gasteiger partial charge in [-0.15, -0.1) is 0 Å². The molecule has 0 saturated heterocycles. The van der Waals surface area contributed by atoms with Gasteiger partial charge in [-0.1, -0.05) is 25.3 Å². The number of ether oxygens (including phenoxy) is 1. The number of hydrogen-bond acceptors (Lipinski definition) is 3. The Morgan fingerprint density at radius 1 is 1.06 bits per heavy atom. The highest BCUT2D eigenvalue weighted by Crippen LogP contribution is 2.38. The number of fused-ring (bicyclic) bond motifs is 1. The maximum Gasteiger partial charge on any atom is 0.126 e. The molecule has 5 heteroatoms. The van der Waals surface area contributed by atoms with Crippen molar-refractivity contribution in [2.24, 2.45) is 5.92 Å². The Labute approximate surface area is 192 Å². The molecule has 1 aliphatic rings. The molecule has 0 aromatic heterocycles. The summed E-state index contributed by atoms with van der Waals surface area (Å²) in [6, 6.07) is 14.5. The third-order valence-electron chi connectivity index (χ3n) is 6.18. The Hall–Kier alpha value is -3.60. The van der Waals surface area contributed by atoms with Crippen molar-refractivity contribution in [2.45, 2.75) is 25.7 Å². The lowest BCUT2D eigenvalue weighted by Gasteiger charge is -2.28. The van der Waals surface area contributed by atoms with Gasteiger partial charge in [0.15, 0.2) is 0 Å². The number of hydrogen-bond donors (Lipinski definition) is 2. The van der Waals surface area contributed by atoms with E-state index in [9.17, 15) is 19.0 Å². The van der Waals surface area contributed by atoms with Gasteiger partial charge in [-0.05, 0) is 95.5 Å². The van der Waals surface area contributed by atoms with E-state index in [1.54, 1.807) is 12.1 Å². The third kappa shape index (κ3) is 5.08. The van der Waals surface area contributed by atoms with Gasteiger partial charge in [0, 0.05) is 6.42 Å². The fourth-order valence-electron chi connectivity index (χ4n) is 4.37. The normalized spacial score (nSPS) is 15.2. The van der Waals surface area contributed by atoms with Crippen LogP contribution in [0.15, 0.2) is 67.8 Å². The number of allylic oxidation sites excluding steroid dienone is 1. The zero-order valence-electron chi connectivity index (χ0n) is 18.3. The Morgan fingerprint density at radius 2 is 1.88 bits per heavy atom. The first-order valence-electron chi connectivity index (χ1n) is 10.9. The standard InChI is InChI=1S/C28H26F2O3/c1-17-20(13-19-3-10-28(32)26(14-19)18(2)31)4-5-21-16-24(7-8-25(17)21)33-12-11-22-15-23(29)6-9-27(22)30/h3,6-10,14-16,20,31-32H,1-2,4-5,11-13H2. The second kappa shape index (κ2) is 9.49. The van der Waals surface area contributed by atoms with Gasteiger partial charge in [0.2, 0.25) is 0 Å². The first-order chi connectivity index (χ1) is 15.8. The summed E-state index contributed by atoms with van der Waals surface area (Å²) in [4.78, 5) is 0. The number of phenols is 1.